The molecule has 2 amide bonds. The molecule has 0 bridgehead atoms. The number of amides is 2. The Morgan fingerprint density at radius 3 is 2.49 bits per heavy atom. The number of benzene rings is 2. The molecule has 3 aromatic rings. The van der Waals surface area contributed by atoms with Gasteiger partial charge in [-0.05, 0) is 35.4 Å². The third-order valence-corrected chi connectivity index (χ3v) is 5.54. The first-order valence-corrected chi connectivity index (χ1v) is 10.6. The molecule has 0 radical (unpaired) electrons. The fourth-order valence-electron chi connectivity index (χ4n) is 3.68. The number of carbonyl (C=O) groups excluding carboxylic acids is 2. The van der Waals surface area contributed by atoms with Crippen LogP contribution in [0, 0.1) is 0 Å². The van der Waals surface area contributed by atoms with Crippen LogP contribution < -0.4 is 5.32 Å². The van der Waals surface area contributed by atoms with Crippen LogP contribution >= 0.6 is 0 Å². The molecule has 0 spiro atoms. The van der Waals surface area contributed by atoms with Crippen LogP contribution in [0.15, 0.2) is 67.1 Å². The zero-order chi connectivity index (χ0) is 25.0. The monoisotopic (exact) mass is 486 g/mol. The summed E-state index contributed by atoms with van der Waals surface area (Å²) in [5.74, 6) is -0.826. The number of alkyl halides is 3. The number of nitrogens with zero attached hydrogens (tertiary/aromatic N) is 3. The van der Waals surface area contributed by atoms with Gasteiger partial charge in [0.25, 0.3) is 5.91 Å². The van der Waals surface area contributed by atoms with E-state index in [0.717, 1.165) is 12.1 Å². The molecule has 1 aromatic heterocycles. The van der Waals surface area contributed by atoms with Gasteiger partial charge in [-0.2, -0.15) is 13.2 Å². The Hall–Kier alpha value is -3.83. The van der Waals surface area contributed by atoms with E-state index in [2.05, 4.69) is 15.3 Å². The number of rotatable bonds is 6. The number of aliphatic hydroxyl groups is 1. The number of carbonyl (C=O) groups is 2. The number of nitrogens with one attached hydrogen (secondary N) is 1. The van der Waals surface area contributed by atoms with Crippen molar-refractivity contribution < 1.29 is 32.6 Å². The summed E-state index contributed by atoms with van der Waals surface area (Å²) in [6.07, 6.45) is -1.39. The van der Waals surface area contributed by atoms with Gasteiger partial charge >= 0.3 is 6.18 Å². The van der Waals surface area contributed by atoms with Crippen LogP contribution in [0.5, 0.6) is 0 Å². The minimum absolute atomic E-state index is 0.0221. The Morgan fingerprint density at radius 1 is 1.14 bits per heavy atom. The van der Waals surface area contributed by atoms with E-state index in [0.29, 0.717) is 16.8 Å². The fourth-order valence-corrected chi connectivity index (χ4v) is 3.68. The Balaban J connectivity index is 1.46. The molecule has 4 rings (SSSR count). The van der Waals surface area contributed by atoms with Gasteiger partial charge in [-0.15, -0.1) is 0 Å². The van der Waals surface area contributed by atoms with Crippen LogP contribution in [0.2, 0.25) is 0 Å². The number of aromatic nitrogens is 2. The van der Waals surface area contributed by atoms with E-state index in [-0.39, 0.29) is 31.4 Å². The van der Waals surface area contributed by atoms with E-state index < -0.39 is 29.8 Å². The number of morpholine rings is 1. The maximum absolute atomic E-state index is 12.8. The average Bonchev–Trinajstić information content (AvgIpc) is 2.85. The first-order valence-electron chi connectivity index (χ1n) is 10.6. The highest BCUT2D eigenvalue weighted by Gasteiger charge is 2.35. The van der Waals surface area contributed by atoms with E-state index in [1.807, 2.05) is 0 Å². The van der Waals surface area contributed by atoms with Gasteiger partial charge in [-0.3, -0.25) is 14.6 Å². The predicted molar refractivity (Wildman–Crippen MR) is 118 cm³/mol. The lowest BCUT2D eigenvalue weighted by atomic mass is 9.99. The molecule has 1 saturated heterocycles. The first kappa shape index (κ1) is 24.3. The molecule has 8 nitrogen and oxygen atoms in total. The fraction of sp³-hybridized carbons (Fsp3) is 0.250. The Bertz CT molecular complexity index is 1170. The highest BCUT2D eigenvalue weighted by Crippen LogP contribution is 2.30. The number of hydrogen-bond acceptors (Lipinski definition) is 6. The molecule has 35 heavy (non-hydrogen) atoms. The lowest BCUT2D eigenvalue weighted by Crippen LogP contribution is -2.51. The lowest BCUT2D eigenvalue weighted by molar-refractivity contribution is -0.155. The van der Waals surface area contributed by atoms with Crippen LogP contribution in [-0.2, 0) is 22.3 Å². The minimum atomic E-state index is -4.45. The first-order chi connectivity index (χ1) is 16.7. The maximum Gasteiger partial charge on any atom is 0.416 e. The number of aliphatic hydroxyl groups excluding tert-OH is 1. The van der Waals surface area contributed by atoms with Crippen molar-refractivity contribution in [2.24, 2.45) is 0 Å². The summed E-state index contributed by atoms with van der Waals surface area (Å²) in [4.78, 5) is 33.9. The third-order valence-electron chi connectivity index (χ3n) is 5.54. The molecule has 2 aromatic carbocycles. The maximum atomic E-state index is 12.8. The average molecular weight is 486 g/mol. The van der Waals surface area contributed by atoms with E-state index in [4.69, 9.17) is 4.74 Å². The van der Waals surface area contributed by atoms with Crippen molar-refractivity contribution in [2.75, 3.05) is 18.5 Å². The predicted octanol–water partition coefficient (Wildman–Crippen LogP) is 3.21. The van der Waals surface area contributed by atoms with Crippen molar-refractivity contribution in [3.05, 3.63) is 89.5 Å². The van der Waals surface area contributed by atoms with Crippen LogP contribution in [0.4, 0.5) is 18.9 Å². The zero-order valence-corrected chi connectivity index (χ0v) is 18.3. The highest BCUT2D eigenvalue weighted by molar-refractivity contribution is 6.02. The minimum Gasteiger partial charge on any atom is -0.386 e. The van der Waals surface area contributed by atoms with Gasteiger partial charge in [-0.25, -0.2) is 4.98 Å². The summed E-state index contributed by atoms with van der Waals surface area (Å²) in [5, 5.41) is 13.7. The summed E-state index contributed by atoms with van der Waals surface area (Å²) in [6.45, 7) is -0.107. The van der Waals surface area contributed by atoms with Crippen molar-refractivity contribution in [1.29, 1.82) is 0 Å². The quantitative estimate of drug-likeness (QED) is 0.555. The summed E-state index contributed by atoms with van der Waals surface area (Å²) >= 11 is 0. The normalized spacial score (nSPS) is 17.2. The topological polar surface area (TPSA) is 105 Å². The van der Waals surface area contributed by atoms with E-state index in [9.17, 15) is 27.9 Å². The molecule has 2 N–H and O–H groups in total. The summed E-state index contributed by atoms with van der Waals surface area (Å²) in [5.41, 5.74) is 0.802. The van der Waals surface area contributed by atoms with Gasteiger partial charge in [0.2, 0.25) is 5.91 Å². The highest BCUT2D eigenvalue weighted by atomic mass is 19.4. The standard InChI is InChI=1S/C24H21F3N4O4/c25-24(26,27)17-5-1-15(2-6-17)12-31-20(13-35-14-21(31)32)22(33)16-3-7-18(8-4-16)30-23(34)19-11-28-9-10-29-19/h1-11,20,22,33H,12-14H2,(H,30,34). The number of halogens is 3. The molecular formula is C24H21F3N4O4. The van der Waals surface area contributed by atoms with Crippen molar-refractivity contribution in [2.45, 2.75) is 24.9 Å². The van der Waals surface area contributed by atoms with Crippen LogP contribution in [0.1, 0.15) is 33.3 Å². The summed E-state index contributed by atoms with van der Waals surface area (Å²) in [7, 11) is 0. The second-order valence-corrected chi connectivity index (χ2v) is 7.91. The second-order valence-electron chi connectivity index (χ2n) is 7.91. The van der Waals surface area contributed by atoms with Crippen molar-refractivity contribution in [3.8, 4) is 0 Å². The van der Waals surface area contributed by atoms with Gasteiger partial charge in [0.05, 0.1) is 24.4 Å². The van der Waals surface area contributed by atoms with Gasteiger partial charge in [0.15, 0.2) is 0 Å². The SMILES string of the molecule is O=C(Nc1ccc(C(O)C2COCC(=O)N2Cc2ccc(C(F)(F)F)cc2)cc1)c1cnccn1. The van der Waals surface area contributed by atoms with Crippen molar-refractivity contribution in [3.63, 3.8) is 0 Å². The van der Waals surface area contributed by atoms with Gasteiger partial charge in [0, 0.05) is 24.6 Å². The van der Waals surface area contributed by atoms with Crippen molar-refractivity contribution in [1.82, 2.24) is 14.9 Å². The smallest absolute Gasteiger partial charge is 0.386 e. The molecule has 1 aliphatic rings. The van der Waals surface area contributed by atoms with E-state index in [1.165, 1.54) is 35.6 Å². The molecule has 0 saturated carbocycles. The third kappa shape index (κ3) is 5.81. The summed E-state index contributed by atoms with van der Waals surface area (Å²) < 4.78 is 43.8. The van der Waals surface area contributed by atoms with E-state index in [1.54, 1.807) is 24.3 Å². The molecule has 2 atom stereocenters. The van der Waals surface area contributed by atoms with Gasteiger partial charge < -0.3 is 20.1 Å². The zero-order valence-electron chi connectivity index (χ0n) is 18.3. The number of anilines is 1. The van der Waals surface area contributed by atoms with Gasteiger partial charge in [-0.1, -0.05) is 24.3 Å². The van der Waals surface area contributed by atoms with E-state index >= 15 is 0 Å². The molecule has 2 unspecified atom stereocenters. The molecule has 2 heterocycles. The van der Waals surface area contributed by atoms with Crippen LogP contribution in [0.25, 0.3) is 0 Å². The Labute approximate surface area is 198 Å². The Kier molecular flexibility index (Phi) is 7.08. The molecule has 11 heteroatoms. The lowest BCUT2D eigenvalue weighted by Gasteiger charge is -2.38. The Morgan fingerprint density at radius 2 is 1.86 bits per heavy atom. The molecule has 0 aliphatic carbocycles. The largest absolute Gasteiger partial charge is 0.416 e. The van der Waals surface area contributed by atoms with Crippen LogP contribution in [0.3, 0.4) is 0 Å². The second kappa shape index (κ2) is 10.2. The number of ether oxygens (including phenoxy) is 1. The molecule has 1 aliphatic heterocycles. The summed E-state index contributed by atoms with van der Waals surface area (Å²) in [6, 6.07) is 10.2. The molecule has 182 valence electrons. The molecule has 1 fully saturated rings. The van der Waals surface area contributed by atoms with Gasteiger partial charge in [0.1, 0.15) is 18.4 Å². The van der Waals surface area contributed by atoms with Crippen LogP contribution in [-0.4, -0.2) is 51.0 Å². The number of hydrogen-bond donors (Lipinski definition) is 2. The van der Waals surface area contributed by atoms with Crippen molar-refractivity contribution >= 4 is 17.5 Å². The molecular weight excluding hydrogens is 465 g/mol.